The maximum Gasteiger partial charge on any atom is 0.274 e. The molecule has 1 N–H and O–H groups in total. The van der Waals surface area contributed by atoms with Gasteiger partial charge in [-0.1, -0.05) is 62.4 Å². The molecule has 0 aliphatic carbocycles. The average Bonchev–Trinajstić information content (AvgIpc) is 3.24. The van der Waals surface area contributed by atoms with E-state index in [9.17, 15) is 9.59 Å². The molecule has 1 fully saturated rings. The van der Waals surface area contributed by atoms with Crippen molar-refractivity contribution in [2.24, 2.45) is 11.8 Å². The number of amides is 2. The molecular formula is C26H30N4O2. The topological polar surface area (TPSA) is 67.2 Å². The second-order valence-electron chi connectivity index (χ2n) is 8.73. The van der Waals surface area contributed by atoms with Crippen molar-refractivity contribution in [3.05, 3.63) is 78.0 Å². The molecular weight excluding hydrogens is 400 g/mol. The molecule has 3 aromatic rings. The van der Waals surface area contributed by atoms with E-state index in [1.807, 2.05) is 55.1 Å². The minimum Gasteiger partial charge on any atom is -0.337 e. The van der Waals surface area contributed by atoms with E-state index in [1.165, 1.54) is 5.56 Å². The fraction of sp³-hybridized carbons (Fsp3) is 0.346. The van der Waals surface area contributed by atoms with Crippen LogP contribution in [0.4, 0.5) is 5.82 Å². The summed E-state index contributed by atoms with van der Waals surface area (Å²) in [6, 6.07) is 21.8. The van der Waals surface area contributed by atoms with Crippen molar-refractivity contribution < 1.29 is 9.59 Å². The van der Waals surface area contributed by atoms with Crippen LogP contribution in [0.5, 0.6) is 0 Å². The Kier molecular flexibility index (Phi) is 6.69. The van der Waals surface area contributed by atoms with Crippen LogP contribution < -0.4 is 5.32 Å². The number of likely N-dealkylation sites (tertiary alicyclic amines) is 1. The number of aromatic nitrogens is 2. The second-order valence-corrected chi connectivity index (χ2v) is 8.73. The largest absolute Gasteiger partial charge is 0.337 e. The molecule has 0 radical (unpaired) electrons. The number of hydrogen-bond donors (Lipinski definition) is 1. The monoisotopic (exact) mass is 430 g/mol. The summed E-state index contributed by atoms with van der Waals surface area (Å²) >= 11 is 0. The van der Waals surface area contributed by atoms with Crippen molar-refractivity contribution in [3.63, 3.8) is 0 Å². The zero-order chi connectivity index (χ0) is 22.5. The van der Waals surface area contributed by atoms with Gasteiger partial charge < -0.3 is 10.2 Å². The average molecular weight is 431 g/mol. The van der Waals surface area contributed by atoms with Crippen LogP contribution in [-0.2, 0) is 11.2 Å². The lowest BCUT2D eigenvalue weighted by atomic mass is 9.90. The summed E-state index contributed by atoms with van der Waals surface area (Å²) in [4.78, 5) is 27.4. The summed E-state index contributed by atoms with van der Waals surface area (Å²) in [5.41, 5.74) is 2.51. The summed E-state index contributed by atoms with van der Waals surface area (Å²) in [5.74, 6) is 0.735. The fourth-order valence-corrected chi connectivity index (χ4v) is 4.06. The van der Waals surface area contributed by atoms with Gasteiger partial charge in [0.15, 0.2) is 5.69 Å². The van der Waals surface area contributed by atoms with E-state index in [0.717, 1.165) is 38.0 Å². The zero-order valence-electron chi connectivity index (χ0n) is 18.7. The number of rotatable bonds is 6. The van der Waals surface area contributed by atoms with E-state index < -0.39 is 0 Å². The third-order valence-electron chi connectivity index (χ3n) is 5.97. The van der Waals surface area contributed by atoms with Crippen molar-refractivity contribution in [2.45, 2.75) is 33.1 Å². The van der Waals surface area contributed by atoms with Gasteiger partial charge in [0, 0.05) is 25.1 Å². The first-order valence-electron chi connectivity index (χ1n) is 11.3. The summed E-state index contributed by atoms with van der Waals surface area (Å²) in [6.45, 7) is 5.12. The molecule has 2 amide bonds. The van der Waals surface area contributed by atoms with E-state index in [2.05, 4.69) is 34.7 Å². The molecule has 2 aromatic carbocycles. The van der Waals surface area contributed by atoms with Crippen molar-refractivity contribution in [1.29, 1.82) is 0 Å². The van der Waals surface area contributed by atoms with E-state index in [4.69, 9.17) is 0 Å². The molecule has 32 heavy (non-hydrogen) atoms. The van der Waals surface area contributed by atoms with Crippen molar-refractivity contribution >= 4 is 17.6 Å². The number of anilines is 1. The number of piperidine rings is 1. The number of nitrogens with zero attached hydrogens (tertiary/aromatic N) is 3. The van der Waals surface area contributed by atoms with Gasteiger partial charge in [-0.15, -0.1) is 0 Å². The summed E-state index contributed by atoms with van der Waals surface area (Å²) in [5, 5.41) is 7.48. The first-order valence-corrected chi connectivity index (χ1v) is 11.3. The molecule has 0 unspecified atom stereocenters. The quantitative estimate of drug-likeness (QED) is 0.623. The van der Waals surface area contributed by atoms with Crippen LogP contribution in [0.2, 0.25) is 0 Å². The minimum absolute atomic E-state index is 0.0853. The highest BCUT2D eigenvalue weighted by atomic mass is 16.2. The predicted octanol–water partition coefficient (Wildman–Crippen LogP) is 4.56. The van der Waals surface area contributed by atoms with Gasteiger partial charge in [-0.05, 0) is 42.9 Å². The lowest BCUT2D eigenvalue weighted by Crippen LogP contribution is -2.39. The number of carbonyl (C=O) groups is 2. The summed E-state index contributed by atoms with van der Waals surface area (Å²) in [7, 11) is 0. The van der Waals surface area contributed by atoms with Crippen molar-refractivity contribution in [3.8, 4) is 5.69 Å². The van der Waals surface area contributed by atoms with Gasteiger partial charge in [0.1, 0.15) is 5.82 Å². The number of benzene rings is 2. The van der Waals surface area contributed by atoms with Crippen molar-refractivity contribution in [1.82, 2.24) is 14.7 Å². The van der Waals surface area contributed by atoms with E-state index in [1.54, 1.807) is 10.7 Å². The third-order valence-corrected chi connectivity index (χ3v) is 5.97. The number of para-hydroxylation sites is 1. The molecule has 0 spiro atoms. The molecule has 6 heteroatoms. The molecule has 1 aliphatic heterocycles. The van der Waals surface area contributed by atoms with Gasteiger partial charge in [0.2, 0.25) is 5.91 Å². The number of nitrogens with one attached hydrogen (secondary N) is 1. The molecule has 1 aliphatic rings. The van der Waals surface area contributed by atoms with Gasteiger partial charge in [-0.3, -0.25) is 9.59 Å². The van der Waals surface area contributed by atoms with Crippen LogP contribution in [0.3, 0.4) is 0 Å². The van der Waals surface area contributed by atoms with Gasteiger partial charge in [0.25, 0.3) is 5.91 Å². The normalized spacial score (nSPS) is 14.5. The molecule has 0 saturated carbocycles. The molecule has 1 aromatic heterocycles. The first kappa shape index (κ1) is 21.8. The SMILES string of the molecule is CC(C)C(=O)Nc1cc(C(=O)N2CCC(Cc3ccccc3)CC2)nn1-c1ccccc1. The number of hydrogen-bond acceptors (Lipinski definition) is 3. The summed E-state index contributed by atoms with van der Waals surface area (Å²) in [6.07, 6.45) is 3.02. The second kappa shape index (κ2) is 9.81. The van der Waals surface area contributed by atoms with E-state index in [-0.39, 0.29) is 17.7 Å². The smallest absolute Gasteiger partial charge is 0.274 e. The molecule has 1 saturated heterocycles. The van der Waals surface area contributed by atoms with Gasteiger partial charge in [0.05, 0.1) is 5.69 Å². The Balaban J connectivity index is 1.47. The molecule has 4 rings (SSSR count). The van der Waals surface area contributed by atoms with Crippen LogP contribution in [-0.4, -0.2) is 39.6 Å². The van der Waals surface area contributed by atoms with E-state index >= 15 is 0 Å². The Morgan fingerprint density at radius 3 is 2.25 bits per heavy atom. The van der Waals surface area contributed by atoms with Crippen molar-refractivity contribution in [2.75, 3.05) is 18.4 Å². The standard InChI is InChI=1S/C26H30N4O2/c1-19(2)25(31)27-24-18-23(28-30(24)22-11-7-4-8-12-22)26(32)29-15-13-21(14-16-29)17-20-9-5-3-6-10-20/h3-12,18-19,21H,13-17H2,1-2H3,(H,27,31). The molecule has 2 heterocycles. The van der Waals surface area contributed by atoms with Gasteiger partial charge >= 0.3 is 0 Å². The number of carbonyl (C=O) groups excluding carboxylic acids is 2. The maximum absolute atomic E-state index is 13.2. The Labute approximate surface area is 189 Å². The fourth-order valence-electron chi connectivity index (χ4n) is 4.06. The van der Waals surface area contributed by atoms with Crippen LogP contribution in [0.1, 0.15) is 42.7 Å². The molecule has 0 bridgehead atoms. The molecule has 166 valence electrons. The van der Waals surface area contributed by atoms with Crippen LogP contribution in [0, 0.1) is 11.8 Å². The molecule has 0 atom stereocenters. The highest BCUT2D eigenvalue weighted by Crippen LogP contribution is 2.24. The van der Waals surface area contributed by atoms with Crippen LogP contribution in [0.25, 0.3) is 5.69 Å². The third kappa shape index (κ3) is 5.07. The van der Waals surface area contributed by atoms with Gasteiger partial charge in [-0.2, -0.15) is 5.10 Å². The highest BCUT2D eigenvalue weighted by Gasteiger charge is 2.26. The highest BCUT2D eigenvalue weighted by molar-refractivity contribution is 5.96. The minimum atomic E-state index is -0.170. The van der Waals surface area contributed by atoms with Crippen LogP contribution in [0.15, 0.2) is 66.7 Å². The zero-order valence-corrected chi connectivity index (χ0v) is 18.7. The van der Waals surface area contributed by atoms with Crippen LogP contribution >= 0.6 is 0 Å². The Bertz CT molecular complexity index is 1050. The maximum atomic E-state index is 13.2. The Hall–Kier alpha value is -3.41. The lowest BCUT2D eigenvalue weighted by Gasteiger charge is -2.31. The Morgan fingerprint density at radius 2 is 1.62 bits per heavy atom. The lowest BCUT2D eigenvalue weighted by molar-refractivity contribution is -0.118. The molecule has 6 nitrogen and oxygen atoms in total. The first-order chi connectivity index (χ1) is 15.5. The predicted molar refractivity (Wildman–Crippen MR) is 126 cm³/mol. The Morgan fingerprint density at radius 1 is 1.00 bits per heavy atom. The van der Waals surface area contributed by atoms with Gasteiger partial charge in [-0.25, -0.2) is 4.68 Å². The van der Waals surface area contributed by atoms with E-state index in [0.29, 0.717) is 17.4 Å². The summed E-state index contributed by atoms with van der Waals surface area (Å²) < 4.78 is 1.63.